The van der Waals surface area contributed by atoms with Crippen LogP contribution in [0.2, 0.25) is 0 Å². The number of halogens is 2. The maximum atomic E-state index is 13.4. The van der Waals surface area contributed by atoms with Crippen molar-refractivity contribution in [2.75, 3.05) is 0 Å². The summed E-state index contributed by atoms with van der Waals surface area (Å²) in [6.07, 6.45) is 1.17. The molecule has 0 aliphatic heterocycles. The summed E-state index contributed by atoms with van der Waals surface area (Å²) < 4.78 is 40.2. The third-order valence-electron chi connectivity index (χ3n) is 3.31. The van der Waals surface area contributed by atoms with E-state index < -0.39 is 33.8 Å². The van der Waals surface area contributed by atoms with Gasteiger partial charge in [0.2, 0.25) is 10.0 Å². The number of aliphatic carboxylic acids is 1. The molecule has 0 heterocycles. The largest absolute Gasteiger partial charge is 0.481 e. The molecule has 1 aromatic carbocycles. The zero-order valence-electron chi connectivity index (χ0n) is 10.3. The molecule has 1 aliphatic rings. The summed E-state index contributed by atoms with van der Waals surface area (Å²) in [4.78, 5) is 10.7. The summed E-state index contributed by atoms with van der Waals surface area (Å²) in [6, 6.07) is 3.11. The van der Waals surface area contributed by atoms with E-state index in [1.807, 2.05) is 0 Å². The third-order valence-corrected chi connectivity index (χ3v) is 5.47. The van der Waals surface area contributed by atoms with E-state index in [4.69, 9.17) is 5.11 Å². The van der Waals surface area contributed by atoms with Crippen molar-refractivity contribution in [3.05, 3.63) is 28.5 Å². The molecule has 0 saturated heterocycles. The average molecular weight is 366 g/mol. The van der Waals surface area contributed by atoms with Gasteiger partial charge in [0.15, 0.2) is 0 Å². The highest BCUT2D eigenvalue weighted by atomic mass is 79.9. The lowest BCUT2D eigenvalue weighted by atomic mass is 10.1. The van der Waals surface area contributed by atoms with Crippen LogP contribution in [0.3, 0.4) is 0 Å². The lowest BCUT2D eigenvalue weighted by Gasteiger charge is -2.13. The number of carbonyl (C=O) groups is 1. The molecule has 0 aromatic heterocycles. The third kappa shape index (κ3) is 3.36. The summed E-state index contributed by atoms with van der Waals surface area (Å²) >= 11 is 2.95. The molecule has 110 valence electrons. The number of carboxylic acid groups (broad SMARTS) is 1. The monoisotopic (exact) mass is 365 g/mol. The summed E-state index contributed by atoms with van der Waals surface area (Å²) in [6.45, 7) is 0. The van der Waals surface area contributed by atoms with Gasteiger partial charge >= 0.3 is 5.97 Å². The fraction of sp³-hybridized carbons (Fsp3) is 0.417. The second-order valence-corrected chi connectivity index (χ2v) is 7.31. The maximum Gasteiger partial charge on any atom is 0.306 e. The Labute approximate surface area is 124 Å². The highest BCUT2D eigenvalue weighted by Crippen LogP contribution is 2.27. The fourth-order valence-electron chi connectivity index (χ4n) is 2.24. The van der Waals surface area contributed by atoms with E-state index in [-0.39, 0.29) is 15.8 Å². The van der Waals surface area contributed by atoms with Crippen molar-refractivity contribution in [3.63, 3.8) is 0 Å². The Bertz CT molecular complexity index is 634. The van der Waals surface area contributed by atoms with Crippen LogP contribution < -0.4 is 4.72 Å². The molecule has 0 amide bonds. The minimum atomic E-state index is -3.84. The van der Waals surface area contributed by atoms with Gasteiger partial charge in [0.25, 0.3) is 0 Å². The van der Waals surface area contributed by atoms with Gasteiger partial charge in [-0.2, -0.15) is 0 Å². The van der Waals surface area contributed by atoms with E-state index in [9.17, 15) is 17.6 Å². The first-order valence-electron chi connectivity index (χ1n) is 6.00. The Morgan fingerprint density at radius 3 is 2.65 bits per heavy atom. The number of nitrogens with one attached hydrogen (secondary N) is 1. The molecule has 0 spiro atoms. The van der Waals surface area contributed by atoms with Crippen LogP contribution in [0.5, 0.6) is 0 Å². The standard InChI is InChI=1S/C12H13BrFNO4S/c13-10-4-3-9(6-11(10)14)20(18,19)15-8-2-1-7(5-8)12(16)17/h3-4,6-8,15H,1-2,5H2,(H,16,17)/t7-,8+/m1/s1. The van der Waals surface area contributed by atoms with Crippen molar-refractivity contribution in [1.82, 2.24) is 4.72 Å². The van der Waals surface area contributed by atoms with Gasteiger partial charge in [-0.3, -0.25) is 4.79 Å². The number of rotatable bonds is 4. The number of benzene rings is 1. The normalized spacial score (nSPS) is 22.9. The SMILES string of the molecule is O=C(O)[C@@H]1CC[C@H](NS(=O)(=O)c2ccc(Br)c(F)c2)C1. The topological polar surface area (TPSA) is 83.5 Å². The van der Waals surface area contributed by atoms with Gasteiger partial charge in [-0.15, -0.1) is 0 Å². The van der Waals surface area contributed by atoms with Crippen molar-refractivity contribution < 1.29 is 22.7 Å². The summed E-state index contributed by atoms with van der Waals surface area (Å²) in [5.74, 6) is -2.10. The second kappa shape index (κ2) is 5.79. The van der Waals surface area contributed by atoms with Gasteiger partial charge in [-0.1, -0.05) is 0 Å². The van der Waals surface area contributed by atoms with E-state index in [0.717, 1.165) is 6.07 Å². The first kappa shape index (κ1) is 15.4. The molecule has 2 atom stereocenters. The van der Waals surface area contributed by atoms with Crippen molar-refractivity contribution in [3.8, 4) is 0 Å². The van der Waals surface area contributed by atoms with E-state index >= 15 is 0 Å². The average Bonchev–Trinajstić information content (AvgIpc) is 2.80. The number of hydrogen-bond donors (Lipinski definition) is 2. The first-order valence-corrected chi connectivity index (χ1v) is 8.27. The zero-order valence-corrected chi connectivity index (χ0v) is 12.7. The van der Waals surface area contributed by atoms with Gasteiger partial charge in [-0.05, 0) is 53.4 Å². The molecular formula is C12H13BrFNO4S. The molecular weight excluding hydrogens is 353 g/mol. The smallest absolute Gasteiger partial charge is 0.306 e. The number of sulfonamides is 1. The molecule has 1 aromatic rings. The van der Waals surface area contributed by atoms with Crippen LogP contribution in [-0.2, 0) is 14.8 Å². The van der Waals surface area contributed by atoms with E-state index in [1.54, 1.807) is 0 Å². The number of carboxylic acids is 1. The molecule has 0 unspecified atom stereocenters. The van der Waals surface area contributed by atoms with Crippen LogP contribution in [-0.4, -0.2) is 25.5 Å². The molecule has 2 N–H and O–H groups in total. The van der Waals surface area contributed by atoms with Crippen molar-refractivity contribution in [2.24, 2.45) is 5.92 Å². The van der Waals surface area contributed by atoms with Crippen LogP contribution in [0.25, 0.3) is 0 Å². The predicted octanol–water partition coefficient (Wildman–Crippen LogP) is 2.12. The van der Waals surface area contributed by atoms with E-state index in [2.05, 4.69) is 20.7 Å². The Balaban J connectivity index is 2.12. The second-order valence-electron chi connectivity index (χ2n) is 4.74. The van der Waals surface area contributed by atoms with Gasteiger partial charge in [-0.25, -0.2) is 17.5 Å². The summed E-state index contributed by atoms with van der Waals surface area (Å²) in [5, 5.41) is 8.88. The van der Waals surface area contributed by atoms with Crippen LogP contribution in [0.15, 0.2) is 27.6 Å². The first-order chi connectivity index (χ1) is 9.29. The highest BCUT2D eigenvalue weighted by Gasteiger charge is 2.32. The lowest BCUT2D eigenvalue weighted by molar-refractivity contribution is -0.141. The van der Waals surface area contributed by atoms with Gasteiger partial charge in [0.1, 0.15) is 5.82 Å². The molecule has 5 nitrogen and oxygen atoms in total. The van der Waals surface area contributed by atoms with Crippen molar-refractivity contribution in [2.45, 2.75) is 30.2 Å². The zero-order chi connectivity index (χ0) is 14.9. The van der Waals surface area contributed by atoms with Crippen LogP contribution >= 0.6 is 15.9 Å². The van der Waals surface area contributed by atoms with Gasteiger partial charge < -0.3 is 5.11 Å². The Kier molecular flexibility index (Phi) is 4.46. The van der Waals surface area contributed by atoms with E-state index in [1.165, 1.54) is 12.1 Å². The van der Waals surface area contributed by atoms with Gasteiger partial charge in [0.05, 0.1) is 15.3 Å². The summed E-state index contributed by atoms with van der Waals surface area (Å²) in [5.41, 5.74) is 0. The molecule has 20 heavy (non-hydrogen) atoms. The highest BCUT2D eigenvalue weighted by molar-refractivity contribution is 9.10. The fourth-order valence-corrected chi connectivity index (χ4v) is 3.79. The lowest BCUT2D eigenvalue weighted by Crippen LogP contribution is -2.33. The molecule has 0 radical (unpaired) electrons. The molecule has 0 bridgehead atoms. The number of hydrogen-bond acceptors (Lipinski definition) is 3. The Hall–Kier alpha value is -0.990. The minimum absolute atomic E-state index is 0.169. The minimum Gasteiger partial charge on any atom is -0.481 e. The Morgan fingerprint density at radius 1 is 1.40 bits per heavy atom. The van der Waals surface area contributed by atoms with Gasteiger partial charge in [0, 0.05) is 6.04 Å². The van der Waals surface area contributed by atoms with E-state index in [0.29, 0.717) is 12.8 Å². The van der Waals surface area contributed by atoms with Crippen molar-refractivity contribution in [1.29, 1.82) is 0 Å². The van der Waals surface area contributed by atoms with Crippen LogP contribution in [0, 0.1) is 11.7 Å². The maximum absolute atomic E-state index is 13.4. The molecule has 1 fully saturated rings. The molecule has 1 aliphatic carbocycles. The van der Waals surface area contributed by atoms with Crippen molar-refractivity contribution >= 4 is 31.9 Å². The quantitative estimate of drug-likeness (QED) is 0.855. The van der Waals surface area contributed by atoms with Crippen LogP contribution in [0.4, 0.5) is 4.39 Å². The molecule has 2 rings (SSSR count). The molecule has 8 heteroatoms. The summed E-state index contributed by atoms with van der Waals surface area (Å²) in [7, 11) is -3.84. The Morgan fingerprint density at radius 2 is 2.10 bits per heavy atom. The predicted molar refractivity (Wildman–Crippen MR) is 73.2 cm³/mol. The molecule has 1 saturated carbocycles. The van der Waals surface area contributed by atoms with Crippen LogP contribution in [0.1, 0.15) is 19.3 Å².